The van der Waals surface area contributed by atoms with Crippen LogP contribution in [0.15, 0.2) is 18.2 Å². The normalized spacial score (nSPS) is 18.0. The highest BCUT2D eigenvalue weighted by Gasteiger charge is 2.35. The minimum absolute atomic E-state index is 0.745. The van der Waals surface area contributed by atoms with Crippen molar-refractivity contribution >= 4 is 16.7 Å². The van der Waals surface area contributed by atoms with E-state index >= 15 is 0 Å². The van der Waals surface area contributed by atoms with Gasteiger partial charge in [-0.05, 0) is 24.3 Å². The van der Waals surface area contributed by atoms with Gasteiger partial charge in [0.2, 0.25) is 0 Å². The number of fused-ring (bicyclic) bond motifs is 3. The van der Waals surface area contributed by atoms with Gasteiger partial charge in [-0.15, -0.1) is 0 Å². The van der Waals surface area contributed by atoms with Crippen LogP contribution in [-0.4, -0.2) is 24.8 Å². The molecule has 0 aliphatic carbocycles. The molecule has 2 aromatic rings. The highest BCUT2D eigenvalue weighted by molar-refractivity contribution is 5.93. The molecule has 1 aromatic heterocycles. The second-order valence-electron chi connectivity index (χ2n) is 5.90. The van der Waals surface area contributed by atoms with Crippen molar-refractivity contribution in [3.05, 3.63) is 29.3 Å². The van der Waals surface area contributed by atoms with E-state index in [0.717, 1.165) is 12.5 Å². The number of anilines is 1. The monoisotopic (exact) mass is 271 g/mol. The number of benzene rings is 1. The fourth-order valence-corrected chi connectivity index (χ4v) is 4.07. The molecule has 0 atom stereocenters. The summed E-state index contributed by atoms with van der Waals surface area (Å²) in [4.78, 5) is 7.58. The van der Waals surface area contributed by atoms with Crippen LogP contribution in [0.1, 0.15) is 29.9 Å². The standard InChI is InChI=1S/C16H21N3O/c1-18-15-12(10-17-20-2)4-3-5-13(15)14-11-6-8-19(9-7-11)16(14)18/h3-5,11,17H,6-10H2,1-2H3. The molecule has 0 radical (unpaired) electrons. The second kappa shape index (κ2) is 4.50. The Labute approximate surface area is 119 Å². The lowest BCUT2D eigenvalue weighted by Crippen LogP contribution is -2.39. The zero-order chi connectivity index (χ0) is 13.7. The smallest absolute Gasteiger partial charge is 0.112 e. The highest BCUT2D eigenvalue weighted by Crippen LogP contribution is 2.47. The molecule has 0 saturated carbocycles. The predicted octanol–water partition coefficient (Wildman–Crippen LogP) is 2.53. The first kappa shape index (κ1) is 12.2. The van der Waals surface area contributed by atoms with Gasteiger partial charge in [-0.25, -0.2) is 0 Å². The Morgan fingerprint density at radius 3 is 2.85 bits per heavy atom. The Balaban J connectivity index is 1.96. The number of hydroxylamine groups is 1. The van der Waals surface area contributed by atoms with Crippen molar-refractivity contribution in [1.82, 2.24) is 10.0 Å². The van der Waals surface area contributed by atoms with Crippen molar-refractivity contribution in [1.29, 1.82) is 0 Å². The SMILES string of the molecule is CONCc1cccc2c3c(n(C)c12)N1CCC3CC1. The molecule has 4 heteroatoms. The Kier molecular flexibility index (Phi) is 2.75. The first-order valence-electron chi connectivity index (χ1n) is 7.42. The third-order valence-corrected chi connectivity index (χ3v) is 4.91. The third kappa shape index (κ3) is 1.55. The molecule has 3 aliphatic rings. The lowest BCUT2D eigenvalue weighted by atomic mass is 9.84. The molecule has 20 heavy (non-hydrogen) atoms. The highest BCUT2D eigenvalue weighted by atomic mass is 16.6. The van der Waals surface area contributed by atoms with Gasteiger partial charge in [-0.1, -0.05) is 18.2 Å². The van der Waals surface area contributed by atoms with E-state index in [9.17, 15) is 0 Å². The summed E-state index contributed by atoms with van der Waals surface area (Å²) in [6.07, 6.45) is 2.62. The summed E-state index contributed by atoms with van der Waals surface area (Å²) < 4.78 is 2.39. The van der Waals surface area contributed by atoms with Crippen LogP contribution < -0.4 is 10.4 Å². The fourth-order valence-electron chi connectivity index (χ4n) is 4.07. The number of aryl methyl sites for hydroxylation is 1. The largest absolute Gasteiger partial charge is 0.358 e. The van der Waals surface area contributed by atoms with E-state index in [4.69, 9.17) is 4.84 Å². The summed E-state index contributed by atoms with van der Waals surface area (Å²) in [5.41, 5.74) is 7.23. The Hall–Kier alpha value is -1.52. The summed E-state index contributed by atoms with van der Waals surface area (Å²) in [5.74, 6) is 2.21. The van der Waals surface area contributed by atoms with Crippen LogP contribution in [0.2, 0.25) is 0 Å². The van der Waals surface area contributed by atoms with E-state index in [-0.39, 0.29) is 0 Å². The number of rotatable bonds is 3. The van der Waals surface area contributed by atoms with Gasteiger partial charge in [0, 0.05) is 37.6 Å². The molecule has 2 bridgehead atoms. The molecule has 1 aromatic carbocycles. The molecule has 106 valence electrons. The first-order chi connectivity index (χ1) is 9.81. The van der Waals surface area contributed by atoms with Gasteiger partial charge in [0.25, 0.3) is 0 Å². The molecule has 0 spiro atoms. The molecule has 1 N–H and O–H groups in total. The molecule has 1 fully saturated rings. The van der Waals surface area contributed by atoms with Crippen LogP contribution in [0, 0.1) is 0 Å². The van der Waals surface area contributed by atoms with E-state index in [1.165, 1.54) is 48.2 Å². The molecule has 1 saturated heterocycles. The number of piperidine rings is 1. The number of para-hydroxylation sites is 1. The van der Waals surface area contributed by atoms with Gasteiger partial charge in [-0.3, -0.25) is 0 Å². The van der Waals surface area contributed by atoms with E-state index < -0.39 is 0 Å². The molecule has 5 rings (SSSR count). The van der Waals surface area contributed by atoms with Crippen LogP contribution >= 0.6 is 0 Å². The second-order valence-corrected chi connectivity index (χ2v) is 5.90. The summed E-state index contributed by atoms with van der Waals surface area (Å²) in [6.45, 7) is 3.18. The molecule has 4 nitrogen and oxygen atoms in total. The van der Waals surface area contributed by atoms with Gasteiger partial charge in [0.05, 0.1) is 12.6 Å². The summed E-state index contributed by atoms with van der Waals surface area (Å²) >= 11 is 0. The lowest BCUT2D eigenvalue weighted by Gasteiger charge is -2.41. The Morgan fingerprint density at radius 2 is 2.10 bits per heavy atom. The van der Waals surface area contributed by atoms with E-state index in [1.807, 2.05) is 0 Å². The maximum absolute atomic E-state index is 5.02. The molecular weight excluding hydrogens is 250 g/mol. The molecule has 0 amide bonds. The average molecular weight is 271 g/mol. The van der Waals surface area contributed by atoms with Gasteiger partial charge in [-0.2, -0.15) is 5.48 Å². The zero-order valence-electron chi connectivity index (χ0n) is 12.1. The quantitative estimate of drug-likeness (QED) is 0.870. The third-order valence-electron chi connectivity index (χ3n) is 4.91. The molecule has 0 unspecified atom stereocenters. The molecule has 4 heterocycles. The zero-order valence-corrected chi connectivity index (χ0v) is 12.1. The van der Waals surface area contributed by atoms with Crippen molar-refractivity contribution < 1.29 is 4.84 Å². The van der Waals surface area contributed by atoms with E-state index in [2.05, 4.69) is 40.2 Å². The number of nitrogens with one attached hydrogen (secondary N) is 1. The molecular formula is C16H21N3O. The average Bonchev–Trinajstić information content (AvgIpc) is 2.83. The van der Waals surface area contributed by atoms with E-state index in [0.29, 0.717) is 0 Å². The predicted molar refractivity (Wildman–Crippen MR) is 81.0 cm³/mol. The van der Waals surface area contributed by atoms with Crippen molar-refractivity contribution in [3.63, 3.8) is 0 Å². The van der Waals surface area contributed by atoms with Crippen molar-refractivity contribution in [2.45, 2.75) is 25.3 Å². The van der Waals surface area contributed by atoms with Crippen molar-refractivity contribution in [3.8, 4) is 0 Å². The topological polar surface area (TPSA) is 29.4 Å². The van der Waals surface area contributed by atoms with Gasteiger partial charge in [0.15, 0.2) is 0 Å². The van der Waals surface area contributed by atoms with Crippen LogP contribution in [0.3, 0.4) is 0 Å². The van der Waals surface area contributed by atoms with Gasteiger partial charge in [0.1, 0.15) is 5.82 Å². The molecule has 3 aliphatic heterocycles. The maximum atomic E-state index is 5.02. The summed E-state index contributed by atoms with van der Waals surface area (Å²) in [5, 5.41) is 1.44. The van der Waals surface area contributed by atoms with E-state index in [1.54, 1.807) is 12.7 Å². The fraction of sp³-hybridized carbons (Fsp3) is 0.500. The van der Waals surface area contributed by atoms with Crippen molar-refractivity contribution in [2.75, 3.05) is 25.1 Å². The number of hydrogen-bond acceptors (Lipinski definition) is 3. The van der Waals surface area contributed by atoms with Crippen LogP contribution in [-0.2, 0) is 18.4 Å². The maximum Gasteiger partial charge on any atom is 0.112 e. The lowest BCUT2D eigenvalue weighted by molar-refractivity contribution is 0.0869. The van der Waals surface area contributed by atoms with Crippen molar-refractivity contribution in [2.24, 2.45) is 7.05 Å². The summed E-state index contributed by atoms with van der Waals surface area (Å²) in [6, 6.07) is 6.65. The summed E-state index contributed by atoms with van der Waals surface area (Å²) in [7, 11) is 3.88. The number of nitrogens with zero attached hydrogens (tertiary/aromatic N) is 2. The van der Waals surface area contributed by atoms with Crippen LogP contribution in [0.4, 0.5) is 5.82 Å². The number of aromatic nitrogens is 1. The Morgan fingerprint density at radius 1 is 1.30 bits per heavy atom. The minimum atomic E-state index is 0.745. The number of hydrogen-bond donors (Lipinski definition) is 1. The van der Waals surface area contributed by atoms with Gasteiger partial charge >= 0.3 is 0 Å². The van der Waals surface area contributed by atoms with Crippen LogP contribution in [0.25, 0.3) is 10.9 Å². The van der Waals surface area contributed by atoms with Gasteiger partial charge < -0.3 is 14.3 Å². The first-order valence-corrected chi connectivity index (χ1v) is 7.42. The van der Waals surface area contributed by atoms with Crippen LogP contribution in [0.5, 0.6) is 0 Å². The Bertz CT molecular complexity index is 653. The minimum Gasteiger partial charge on any atom is -0.358 e.